The van der Waals surface area contributed by atoms with Gasteiger partial charge < -0.3 is 15.2 Å². The summed E-state index contributed by atoms with van der Waals surface area (Å²) in [5.41, 5.74) is 6.60. The summed E-state index contributed by atoms with van der Waals surface area (Å²) in [6.07, 6.45) is 0. The number of anilines is 1. The highest BCUT2D eigenvalue weighted by Gasteiger charge is 2.16. The number of carbonyl (C=O) groups is 1. The summed E-state index contributed by atoms with van der Waals surface area (Å²) in [6.45, 7) is 2.50. The van der Waals surface area contributed by atoms with Gasteiger partial charge in [0, 0.05) is 17.3 Å². The molecule has 1 heterocycles. The maximum atomic E-state index is 11.2. The average molecular weight is 193 g/mol. The number of carbonyl (C=O) groups excluding carboxylic acids is 1. The smallest absolute Gasteiger partial charge is 0.163 e. The quantitative estimate of drug-likeness (QED) is 0.538. The topological polar surface area (TPSA) is 61.6 Å². The highest BCUT2D eigenvalue weighted by Crippen LogP contribution is 2.34. The predicted molar refractivity (Wildman–Crippen MR) is 51.8 cm³/mol. The van der Waals surface area contributed by atoms with Crippen LogP contribution in [0.2, 0.25) is 0 Å². The molecule has 2 rings (SSSR count). The van der Waals surface area contributed by atoms with Crippen LogP contribution in [0.25, 0.3) is 0 Å². The van der Waals surface area contributed by atoms with Crippen LogP contribution in [0.5, 0.6) is 11.5 Å². The van der Waals surface area contributed by atoms with E-state index in [1.54, 1.807) is 12.1 Å². The Morgan fingerprint density at radius 1 is 1.29 bits per heavy atom. The Bertz CT molecular complexity index is 387. The first kappa shape index (κ1) is 8.87. The summed E-state index contributed by atoms with van der Waals surface area (Å²) in [6, 6.07) is 3.26. The zero-order valence-corrected chi connectivity index (χ0v) is 7.87. The lowest BCUT2D eigenvalue weighted by molar-refractivity contribution is 0.101. The monoisotopic (exact) mass is 193 g/mol. The number of ketones is 1. The molecule has 0 radical (unpaired) electrons. The Labute approximate surface area is 81.6 Å². The van der Waals surface area contributed by atoms with Crippen LogP contribution in [0, 0.1) is 0 Å². The van der Waals surface area contributed by atoms with E-state index in [9.17, 15) is 4.79 Å². The molecule has 0 spiro atoms. The van der Waals surface area contributed by atoms with Crippen LogP contribution in [0.1, 0.15) is 17.3 Å². The number of nitrogens with two attached hydrogens (primary N) is 1. The van der Waals surface area contributed by atoms with Gasteiger partial charge in [-0.25, -0.2) is 0 Å². The Balaban J connectivity index is 2.50. The largest absolute Gasteiger partial charge is 0.486 e. The zero-order valence-electron chi connectivity index (χ0n) is 7.87. The molecule has 2 N–H and O–H groups in total. The normalized spacial score (nSPS) is 13.8. The van der Waals surface area contributed by atoms with Gasteiger partial charge in [0.05, 0.1) is 0 Å². The number of Topliss-reactive ketones (excluding diaryl/α,β-unsaturated/α-hetero) is 1. The van der Waals surface area contributed by atoms with Crippen LogP contribution in [0.3, 0.4) is 0 Å². The highest BCUT2D eigenvalue weighted by molar-refractivity contribution is 5.99. The first-order valence-electron chi connectivity index (χ1n) is 4.38. The van der Waals surface area contributed by atoms with Crippen molar-refractivity contribution >= 4 is 11.5 Å². The van der Waals surface area contributed by atoms with E-state index in [1.165, 1.54) is 6.92 Å². The van der Waals surface area contributed by atoms with Gasteiger partial charge >= 0.3 is 0 Å². The molecular formula is C10H11NO3. The van der Waals surface area contributed by atoms with Gasteiger partial charge in [0.15, 0.2) is 17.3 Å². The average Bonchev–Trinajstić information content (AvgIpc) is 2.16. The van der Waals surface area contributed by atoms with Crippen LogP contribution in [0.15, 0.2) is 12.1 Å². The van der Waals surface area contributed by atoms with Crippen molar-refractivity contribution in [2.75, 3.05) is 18.9 Å². The Hall–Kier alpha value is -1.71. The third kappa shape index (κ3) is 1.39. The van der Waals surface area contributed by atoms with Crippen molar-refractivity contribution in [1.29, 1.82) is 0 Å². The second-order valence-electron chi connectivity index (χ2n) is 3.14. The molecule has 4 nitrogen and oxygen atoms in total. The molecule has 74 valence electrons. The van der Waals surface area contributed by atoms with E-state index in [1.807, 2.05) is 0 Å². The maximum Gasteiger partial charge on any atom is 0.163 e. The van der Waals surface area contributed by atoms with Crippen molar-refractivity contribution in [3.05, 3.63) is 17.7 Å². The fraction of sp³-hybridized carbons (Fsp3) is 0.300. The number of fused-ring (bicyclic) bond motifs is 1. The fourth-order valence-corrected chi connectivity index (χ4v) is 1.41. The minimum atomic E-state index is -0.0699. The predicted octanol–water partition coefficient (Wildman–Crippen LogP) is 1.24. The molecule has 0 fully saturated rings. The van der Waals surface area contributed by atoms with Crippen LogP contribution in [-0.2, 0) is 0 Å². The van der Waals surface area contributed by atoms with Crippen molar-refractivity contribution < 1.29 is 14.3 Å². The third-order valence-corrected chi connectivity index (χ3v) is 2.09. The Morgan fingerprint density at radius 2 is 1.86 bits per heavy atom. The first-order chi connectivity index (χ1) is 6.68. The van der Waals surface area contributed by atoms with E-state index in [-0.39, 0.29) is 5.78 Å². The summed E-state index contributed by atoms with van der Waals surface area (Å²) >= 11 is 0. The van der Waals surface area contributed by atoms with Gasteiger partial charge in [-0.05, 0) is 13.0 Å². The standard InChI is InChI=1S/C10H11NO3/c1-6(12)7-4-9-10(5-8(7)11)14-3-2-13-9/h4-5H,2-3,11H2,1H3. The SMILES string of the molecule is CC(=O)c1cc2c(cc1N)OCCO2. The number of rotatable bonds is 1. The number of hydrogen-bond acceptors (Lipinski definition) is 4. The minimum absolute atomic E-state index is 0.0699. The molecule has 1 aromatic rings. The number of hydrogen-bond donors (Lipinski definition) is 1. The molecule has 0 atom stereocenters. The van der Waals surface area contributed by atoms with Crippen molar-refractivity contribution in [1.82, 2.24) is 0 Å². The zero-order chi connectivity index (χ0) is 10.1. The second-order valence-corrected chi connectivity index (χ2v) is 3.14. The van der Waals surface area contributed by atoms with Gasteiger partial charge in [-0.2, -0.15) is 0 Å². The summed E-state index contributed by atoms with van der Waals surface area (Å²) < 4.78 is 10.7. The van der Waals surface area contributed by atoms with Gasteiger partial charge in [-0.3, -0.25) is 4.79 Å². The van der Waals surface area contributed by atoms with E-state index in [0.29, 0.717) is 36.0 Å². The van der Waals surface area contributed by atoms with Crippen LogP contribution < -0.4 is 15.2 Å². The maximum absolute atomic E-state index is 11.2. The van der Waals surface area contributed by atoms with Crippen LogP contribution >= 0.6 is 0 Å². The summed E-state index contributed by atoms with van der Waals surface area (Å²) in [4.78, 5) is 11.2. The van der Waals surface area contributed by atoms with Gasteiger partial charge in [-0.15, -0.1) is 0 Å². The molecule has 0 aromatic heterocycles. The fourth-order valence-electron chi connectivity index (χ4n) is 1.41. The lowest BCUT2D eigenvalue weighted by Gasteiger charge is -2.19. The Kier molecular flexibility index (Phi) is 2.04. The molecule has 0 unspecified atom stereocenters. The molecule has 0 bridgehead atoms. The number of benzene rings is 1. The van der Waals surface area contributed by atoms with Crippen LogP contribution in [0.4, 0.5) is 5.69 Å². The van der Waals surface area contributed by atoms with Gasteiger partial charge in [0.25, 0.3) is 0 Å². The van der Waals surface area contributed by atoms with Gasteiger partial charge in [0.1, 0.15) is 13.2 Å². The lowest BCUT2D eigenvalue weighted by Crippen LogP contribution is -2.16. The summed E-state index contributed by atoms with van der Waals surface area (Å²) in [5.74, 6) is 1.13. The van der Waals surface area contributed by atoms with Crippen molar-refractivity contribution in [2.45, 2.75) is 6.92 Å². The van der Waals surface area contributed by atoms with Crippen molar-refractivity contribution in [3.63, 3.8) is 0 Å². The molecule has 0 saturated heterocycles. The summed E-state index contributed by atoms with van der Waals surface area (Å²) in [5, 5.41) is 0. The number of nitrogen functional groups attached to an aromatic ring is 1. The molecule has 1 aromatic carbocycles. The minimum Gasteiger partial charge on any atom is -0.486 e. The molecule has 0 aliphatic carbocycles. The van der Waals surface area contributed by atoms with Gasteiger partial charge in [-0.1, -0.05) is 0 Å². The van der Waals surface area contributed by atoms with E-state index in [2.05, 4.69) is 0 Å². The summed E-state index contributed by atoms with van der Waals surface area (Å²) in [7, 11) is 0. The first-order valence-corrected chi connectivity index (χ1v) is 4.38. The second kappa shape index (κ2) is 3.21. The van der Waals surface area contributed by atoms with E-state index in [0.717, 1.165) is 0 Å². The highest BCUT2D eigenvalue weighted by atomic mass is 16.6. The van der Waals surface area contributed by atoms with Crippen LogP contribution in [-0.4, -0.2) is 19.0 Å². The Morgan fingerprint density at radius 3 is 2.43 bits per heavy atom. The number of ether oxygens (including phenoxy) is 2. The van der Waals surface area contributed by atoms with E-state index in [4.69, 9.17) is 15.2 Å². The lowest BCUT2D eigenvalue weighted by atomic mass is 10.1. The molecular weight excluding hydrogens is 182 g/mol. The molecule has 1 aliphatic rings. The third-order valence-electron chi connectivity index (χ3n) is 2.09. The molecule has 0 saturated carbocycles. The van der Waals surface area contributed by atoms with E-state index >= 15 is 0 Å². The molecule has 1 aliphatic heterocycles. The molecule has 4 heteroatoms. The van der Waals surface area contributed by atoms with Crippen molar-refractivity contribution in [2.24, 2.45) is 0 Å². The van der Waals surface area contributed by atoms with Crippen molar-refractivity contribution in [3.8, 4) is 11.5 Å². The molecule has 14 heavy (non-hydrogen) atoms. The van der Waals surface area contributed by atoms with E-state index < -0.39 is 0 Å². The van der Waals surface area contributed by atoms with Gasteiger partial charge in [0.2, 0.25) is 0 Å². The molecule has 0 amide bonds.